The van der Waals surface area contributed by atoms with E-state index >= 15 is 0 Å². The molecule has 2 rings (SSSR count). The van der Waals surface area contributed by atoms with Crippen molar-refractivity contribution in [2.45, 2.75) is 13.8 Å². The molecule has 1 amide bonds. The van der Waals surface area contributed by atoms with E-state index in [-0.39, 0.29) is 16.8 Å². The van der Waals surface area contributed by atoms with Gasteiger partial charge in [-0.05, 0) is 76.5 Å². The molecule has 25 heavy (non-hydrogen) atoms. The lowest BCUT2D eigenvalue weighted by molar-refractivity contribution is 0.0977. The van der Waals surface area contributed by atoms with E-state index in [0.29, 0.717) is 34.0 Å². The molecule has 0 fully saturated rings. The highest BCUT2D eigenvalue weighted by Crippen LogP contribution is 2.26. The number of halogens is 2. The fraction of sp³-hybridized carbons (Fsp3) is 0.222. The first kappa shape index (κ1) is 19.3. The second-order valence-corrected chi connectivity index (χ2v) is 7.03. The minimum atomic E-state index is -0.351. The molecular formula is C18H18BrFN2O2S. The number of amides is 1. The van der Waals surface area contributed by atoms with Crippen LogP contribution in [0.5, 0.6) is 5.75 Å². The van der Waals surface area contributed by atoms with Crippen molar-refractivity contribution >= 4 is 44.9 Å². The van der Waals surface area contributed by atoms with E-state index < -0.39 is 0 Å². The molecular weight excluding hydrogens is 407 g/mol. The molecule has 0 aromatic heterocycles. The summed E-state index contributed by atoms with van der Waals surface area (Å²) in [5, 5.41) is 5.54. The Kier molecular flexibility index (Phi) is 6.90. The fourth-order valence-electron chi connectivity index (χ4n) is 1.89. The summed E-state index contributed by atoms with van der Waals surface area (Å²) in [5.74, 6) is 0.392. The molecule has 0 saturated heterocycles. The zero-order valence-electron chi connectivity index (χ0n) is 13.8. The molecule has 0 atom stereocenters. The first-order chi connectivity index (χ1) is 11.8. The van der Waals surface area contributed by atoms with Gasteiger partial charge in [0.25, 0.3) is 5.91 Å². The average Bonchev–Trinajstić information content (AvgIpc) is 2.55. The van der Waals surface area contributed by atoms with Crippen LogP contribution < -0.4 is 15.4 Å². The fourth-order valence-corrected chi connectivity index (χ4v) is 2.59. The smallest absolute Gasteiger partial charge is 0.257 e. The third-order valence-electron chi connectivity index (χ3n) is 3.10. The highest BCUT2D eigenvalue weighted by atomic mass is 79.9. The van der Waals surface area contributed by atoms with Crippen LogP contribution in [0.15, 0.2) is 46.9 Å². The van der Waals surface area contributed by atoms with Gasteiger partial charge in [-0.2, -0.15) is 0 Å². The molecule has 0 bridgehead atoms. The minimum Gasteiger partial charge on any atom is -0.492 e. The van der Waals surface area contributed by atoms with Gasteiger partial charge in [0.1, 0.15) is 11.6 Å². The van der Waals surface area contributed by atoms with Gasteiger partial charge in [-0.1, -0.05) is 13.8 Å². The van der Waals surface area contributed by atoms with Gasteiger partial charge in [-0.3, -0.25) is 10.1 Å². The number of carbonyl (C=O) groups is 1. The van der Waals surface area contributed by atoms with Crippen LogP contribution in [0.3, 0.4) is 0 Å². The normalized spacial score (nSPS) is 10.4. The molecule has 0 unspecified atom stereocenters. The van der Waals surface area contributed by atoms with Gasteiger partial charge in [-0.15, -0.1) is 0 Å². The lowest BCUT2D eigenvalue weighted by Gasteiger charge is -2.12. The largest absolute Gasteiger partial charge is 0.492 e. The second-order valence-electron chi connectivity index (χ2n) is 5.77. The Morgan fingerprint density at radius 1 is 1.24 bits per heavy atom. The summed E-state index contributed by atoms with van der Waals surface area (Å²) < 4.78 is 19.2. The summed E-state index contributed by atoms with van der Waals surface area (Å²) in [4.78, 5) is 12.3. The van der Waals surface area contributed by atoms with Gasteiger partial charge in [0.2, 0.25) is 0 Å². The quantitative estimate of drug-likeness (QED) is 0.679. The van der Waals surface area contributed by atoms with Crippen LogP contribution in [0.1, 0.15) is 24.2 Å². The molecule has 2 aromatic carbocycles. The van der Waals surface area contributed by atoms with Gasteiger partial charge >= 0.3 is 0 Å². The van der Waals surface area contributed by atoms with Crippen LogP contribution in [0.25, 0.3) is 0 Å². The molecule has 0 aliphatic heterocycles. The van der Waals surface area contributed by atoms with Crippen molar-refractivity contribution in [2.75, 3.05) is 11.9 Å². The lowest BCUT2D eigenvalue weighted by atomic mass is 10.2. The summed E-state index contributed by atoms with van der Waals surface area (Å²) in [7, 11) is 0. The van der Waals surface area contributed by atoms with Crippen LogP contribution in [0, 0.1) is 11.7 Å². The Balaban J connectivity index is 1.96. The van der Waals surface area contributed by atoms with Crippen molar-refractivity contribution in [3.8, 4) is 5.75 Å². The number of hydrogen-bond acceptors (Lipinski definition) is 3. The summed E-state index contributed by atoms with van der Waals surface area (Å²) in [6, 6.07) is 10.7. The highest BCUT2D eigenvalue weighted by molar-refractivity contribution is 9.10. The third-order valence-corrected chi connectivity index (χ3v) is 3.92. The molecule has 0 spiro atoms. The predicted molar refractivity (Wildman–Crippen MR) is 105 cm³/mol. The molecule has 132 valence electrons. The molecule has 0 heterocycles. The van der Waals surface area contributed by atoms with Crippen molar-refractivity contribution < 1.29 is 13.9 Å². The van der Waals surface area contributed by atoms with E-state index in [4.69, 9.17) is 17.0 Å². The van der Waals surface area contributed by atoms with E-state index in [9.17, 15) is 9.18 Å². The molecule has 0 radical (unpaired) electrons. The van der Waals surface area contributed by atoms with Gasteiger partial charge in [0, 0.05) is 11.3 Å². The third kappa shape index (κ3) is 6.10. The van der Waals surface area contributed by atoms with Gasteiger partial charge in [-0.25, -0.2) is 4.39 Å². The number of ether oxygens (including phenoxy) is 1. The number of hydrogen-bond donors (Lipinski definition) is 2. The van der Waals surface area contributed by atoms with Gasteiger partial charge < -0.3 is 10.1 Å². The topological polar surface area (TPSA) is 50.4 Å². The van der Waals surface area contributed by atoms with E-state index in [0.717, 1.165) is 0 Å². The van der Waals surface area contributed by atoms with Crippen LogP contribution in [-0.4, -0.2) is 17.6 Å². The van der Waals surface area contributed by atoms with Crippen molar-refractivity contribution in [1.29, 1.82) is 0 Å². The maximum absolute atomic E-state index is 12.9. The molecule has 0 aliphatic carbocycles. The molecule has 0 aliphatic rings. The summed E-state index contributed by atoms with van der Waals surface area (Å²) in [6.45, 7) is 4.71. The molecule has 7 heteroatoms. The van der Waals surface area contributed by atoms with E-state index in [1.165, 1.54) is 24.3 Å². The van der Waals surface area contributed by atoms with Crippen LogP contribution >= 0.6 is 28.1 Å². The maximum Gasteiger partial charge on any atom is 0.257 e. The second kappa shape index (κ2) is 8.92. The van der Waals surface area contributed by atoms with E-state index in [1.807, 2.05) is 0 Å². The number of rotatable bonds is 5. The van der Waals surface area contributed by atoms with Gasteiger partial charge in [0.05, 0.1) is 11.1 Å². The molecule has 2 aromatic rings. The van der Waals surface area contributed by atoms with Crippen LogP contribution in [0.2, 0.25) is 0 Å². The van der Waals surface area contributed by atoms with Crippen molar-refractivity contribution in [3.05, 3.63) is 58.3 Å². The van der Waals surface area contributed by atoms with Crippen LogP contribution in [-0.2, 0) is 0 Å². The monoisotopic (exact) mass is 424 g/mol. The Morgan fingerprint density at radius 3 is 2.52 bits per heavy atom. The molecule has 0 saturated carbocycles. The molecule has 2 N–H and O–H groups in total. The van der Waals surface area contributed by atoms with E-state index in [1.54, 1.807) is 18.2 Å². The zero-order chi connectivity index (χ0) is 18.4. The average molecular weight is 425 g/mol. The Labute approximate surface area is 159 Å². The first-order valence-electron chi connectivity index (χ1n) is 7.65. The minimum absolute atomic E-state index is 0.132. The van der Waals surface area contributed by atoms with Crippen LogP contribution in [0.4, 0.5) is 10.1 Å². The van der Waals surface area contributed by atoms with Crippen molar-refractivity contribution in [1.82, 2.24) is 5.32 Å². The number of benzene rings is 2. The maximum atomic E-state index is 12.9. The predicted octanol–water partition coefficient (Wildman–Crippen LogP) is 4.75. The summed E-state index contributed by atoms with van der Waals surface area (Å²) in [5.41, 5.74) is 1.03. The standard InChI is InChI=1S/C18H18BrFN2O2S/c1-11(2)10-24-16-8-3-12(9-15(16)19)17(23)22-18(25)21-14-6-4-13(20)5-7-14/h3-9,11H,10H2,1-2H3,(H2,21,22,23,25). The summed E-state index contributed by atoms with van der Waals surface area (Å²) in [6.07, 6.45) is 0. The Bertz CT molecular complexity index is 766. The Morgan fingerprint density at radius 2 is 1.92 bits per heavy atom. The zero-order valence-corrected chi connectivity index (χ0v) is 16.2. The highest BCUT2D eigenvalue weighted by Gasteiger charge is 2.11. The van der Waals surface area contributed by atoms with Crippen molar-refractivity contribution in [3.63, 3.8) is 0 Å². The van der Waals surface area contributed by atoms with Crippen molar-refractivity contribution in [2.24, 2.45) is 5.92 Å². The van der Waals surface area contributed by atoms with Gasteiger partial charge in [0.15, 0.2) is 5.11 Å². The molecule has 4 nitrogen and oxygen atoms in total. The number of thiocarbonyl (C=S) groups is 1. The summed E-state index contributed by atoms with van der Waals surface area (Å²) >= 11 is 8.50. The number of carbonyl (C=O) groups excluding carboxylic acids is 1. The Hall–Kier alpha value is -1.99. The number of anilines is 1. The van der Waals surface area contributed by atoms with E-state index in [2.05, 4.69) is 40.4 Å². The SMILES string of the molecule is CC(C)COc1ccc(C(=O)NC(=S)Nc2ccc(F)cc2)cc1Br. The lowest BCUT2D eigenvalue weighted by Crippen LogP contribution is -2.34. The first-order valence-corrected chi connectivity index (χ1v) is 8.85. The number of nitrogens with one attached hydrogen (secondary N) is 2.